The van der Waals surface area contributed by atoms with Crippen molar-refractivity contribution < 1.29 is 39.4 Å². The molecule has 2 aliphatic carbocycles. The summed E-state index contributed by atoms with van der Waals surface area (Å²) < 4.78 is 16.5. The van der Waals surface area contributed by atoms with Crippen molar-refractivity contribution in [3.8, 4) is 5.75 Å². The summed E-state index contributed by atoms with van der Waals surface area (Å²) in [6, 6.07) is 5.94. The monoisotopic (exact) mass is 520 g/mol. The lowest BCUT2D eigenvalue weighted by Crippen LogP contribution is -2.51. The highest BCUT2D eigenvalue weighted by atomic mass is 16.7. The van der Waals surface area contributed by atoms with Gasteiger partial charge in [-0.15, -0.1) is 0 Å². The average molecular weight is 521 g/mol. The Kier molecular flexibility index (Phi) is 10.2. The number of unbranched alkanes of at least 4 members (excludes halogenated alkanes) is 5. The van der Waals surface area contributed by atoms with Crippen LogP contribution < -0.4 is 4.74 Å². The van der Waals surface area contributed by atoms with Crippen LogP contribution in [0.15, 0.2) is 18.2 Å². The second-order valence-corrected chi connectivity index (χ2v) is 11.1. The van der Waals surface area contributed by atoms with E-state index in [-0.39, 0.29) is 19.1 Å². The maximum absolute atomic E-state index is 12.4. The minimum Gasteiger partial charge on any atom is -0.482 e. The first kappa shape index (κ1) is 28.3. The minimum atomic E-state index is -1.23. The first-order valence-electron chi connectivity index (χ1n) is 14.1. The zero-order valence-electron chi connectivity index (χ0n) is 22.0. The molecule has 1 aromatic rings. The molecular formula is C29H44O8. The third-order valence-corrected chi connectivity index (χ3v) is 8.56. The number of benzene rings is 1. The fourth-order valence-electron chi connectivity index (χ4n) is 6.56. The summed E-state index contributed by atoms with van der Waals surface area (Å²) in [5, 5.41) is 39.9. The first-order chi connectivity index (χ1) is 17.9. The summed E-state index contributed by atoms with van der Waals surface area (Å²) >= 11 is 0. The van der Waals surface area contributed by atoms with Crippen molar-refractivity contribution in [3.63, 3.8) is 0 Å². The van der Waals surface area contributed by atoms with E-state index in [1.165, 1.54) is 44.1 Å². The van der Waals surface area contributed by atoms with E-state index >= 15 is 0 Å². The number of hydrogen-bond donors (Lipinski definition) is 4. The number of aliphatic hydroxyl groups excluding tert-OH is 4. The molecule has 0 spiro atoms. The maximum Gasteiger partial charge on any atom is 0.346 e. The van der Waals surface area contributed by atoms with Crippen LogP contribution in [0.2, 0.25) is 0 Å². The Morgan fingerprint density at radius 3 is 2.59 bits per heavy atom. The molecule has 0 aromatic heterocycles. The second kappa shape index (κ2) is 13.4. The molecule has 208 valence electrons. The summed E-state index contributed by atoms with van der Waals surface area (Å²) in [6.45, 7) is 1.43. The Morgan fingerprint density at radius 1 is 1.03 bits per heavy atom. The predicted octanol–water partition coefficient (Wildman–Crippen LogP) is 2.90. The summed E-state index contributed by atoms with van der Waals surface area (Å²) in [7, 11) is 0. The smallest absolute Gasteiger partial charge is 0.346 e. The maximum atomic E-state index is 12.4. The molecule has 4 rings (SSSR count). The highest BCUT2D eigenvalue weighted by Crippen LogP contribution is 2.48. The molecule has 1 aliphatic heterocycles. The van der Waals surface area contributed by atoms with Crippen LogP contribution in [-0.4, -0.2) is 70.3 Å². The highest BCUT2D eigenvalue weighted by molar-refractivity contribution is 5.71. The highest BCUT2D eigenvalue weighted by Gasteiger charge is 2.44. The van der Waals surface area contributed by atoms with Crippen LogP contribution >= 0.6 is 0 Å². The van der Waals surface area contributed by atoms with Gasteiger partial charge in [-0.3, -0.25) is 0 Å². The van der Waals surface area contributed by atoms with E-state index in [4.69, 9.17) is 14.2 Å². The van der Waals surface area contributed by atoms with E-state index in [2.05, 4.69) is 13.0 Å². The van der Waals surface area contributed by atoms with Gasteiger partial charge in [-0.25, -0.2) is 4.79 Å². The van der Waals surface area contributed by atoms with Gasteiger partial charge in [-0.2, -0.15) is 0 Å². The molecule has 2 fully saturated rings. The molecule has 37 heavy (non-hydrogen) atoms. The lowest BCUT2D eigenvalue weighted by atomic mass is 9.73. The first-order valence-corrected chi connectivity index (χ1v) is 14.1. The van der Waals surface area contributed by atoms with Gasteiger partial charge in [0.1, 0.15) is 18.0 Å². The van der Waals surface area contributed by atoms with Gasteiger partial charge in [0.05, 0.1) is 18.8 Å². The third-order valence-electron chi connectivity index (χ3n) is 8.56. The average Bonchev–Trinajstić information content (AvgIpc) is 3.19. The number of aliphatic hydroxyl groups is 4. The molecule has 1 aromatic carbocycles. The van der Waals surface area contributed by atoms with E-state index in [1.54, 1.807) is 0 Å². The van der Waals surface area contributed by atoms with E-state index in [9.17, 15) is 25.2 Å². The van der Waals surface area contributed by atoms with E-state index < -0.39 is 37.2 Å². The molecule has 8 nitrogen and oxygen atoms in total. The van der Waals surface area contributed by atoms with E-state index in [0.29, 0.717) is 23.5 Å². The van der Waals surface area contributed by atoms with Crippen LogP contribution in [0.25, 0.3) is 0 Å². The molecule has 8 atom stereocenters. The molecule has 4 N–H and O–H groups in total. The number of ether oxygens (including phenoxy) is 3. The van der Waals surface area contributed by atoms with Gasteiger partial charge >= 0.3 is 5.97 Å². The van der Waals surface area contributed by atoms with Gasteiger partial charge in [0.25, 0.3) is 0 Å². The molecular weight excluding hydrogens is 476 g/mol. The molecule has 1 saturated heterocycles. The van der Waals surface area contributed by atoms with Gasteiger partial charge in [-0.1, -0.05) is 57.6 Å². The Balaban J connectivity index is 1.30. The topological polar surface area (TPSA) is 126 Å². The van der Waals surface area contributed by atoms with Crippen molar-refractivity contribution in [2.75, 3.05) is 13.2 Å². The summed E-state index contributed by atoms with van der Waals surface area (Å²) in [5.74, 6) is 1.28. The predicted molar refractivity (Wildman–Crippen MR) is 137 cm³/mol. The van der Waals surface area contributed by atoms with E-state index in [0.717, 1.165) is 31.2 Å². The van der Waals surface area contributed by atoms with Crippen molar-refractivity contribution in [2.45, 2.75) is 108 Å². The molecule has 0 amide bonds. The Bertz CT molecular complexity index is 875. The largest absolute Gasteiger partial charge is 0.482 e. The lowest BCUT2D eigenvalue weighted by molar-refractivity contribution is -0.251. The van der Waals surface area contributed by atoms with Gasteiger partial charge in [0.15, 0.2) is 6.61 Å². The number of hydrogen-bond acceptors (Lipinski definition) is 8. The standard InChI is InChI=1S/C29H44O8/c1-2-3-4-5-6-7-10-20-21-12-18-9-8-11-25(22(18)13-19(21)14-23(20)31)35-17-27(33)37-28-15-24(32)29(34)26(16-30)36-28/h8-9,11,19-21,23-24,26,28-32,34H,2-7,10,12-17H2,1H3/t19-,20+,21-,23?,24?,26?,28?,29+/m1/s1. The van der Waals surface area contributed by atoms with Crippen LogP contribution in [0.4, 0.5) is 0 Å². The molecule has 0 radical (unpaired) electrons. The zero-order valence-corrected chi connectivity index (χ0v) is 22.0. The normalized spacial score (nSPS) is 33.0. The lowest BCUT2D eigenvalue weighted by Gasteiger charge is -2.35. The number of carbonyl (C=O) groups is 1. The SMILES string of the molecule is CCCCCCCC[C@@H]1C(O)C[C@H]2Cc3c(cccc3OCC(=O)OC3CC(O)[C@H](O)C(CO)O3)C[C@H]21. The van der Waals surface area contributed by atoms with Crippen molar-refractivity contribution in [3.05, 3.63) is 29.3 Å². The molecule has 4 unspecified atom stereocenters. The minimum absolute atomic E-state index is 0.0740. The van der Waals surface area contributed by atoms with Crippen LogP contribution in [0.1, 0.15) is 75.8 Å². The Hall–Kier alpha value is -1.71. The number of fused-ring (bicyclic) bond motifs is 2. The molecule has 0 bridgehead atoms. The molecule has 1 saturated carbocycles. The van der Waals surface area contributed by atoms with Crippen LogP contribution in [0.3, 0.4) is 0 Å². The Morgan fingerprint density at radius 2 is 1.81 bits per heavy atom. The number of carbonyl (C=O) groups excluding carboxylic acids is 1. The van der Waals surface area contributed by atoms with Crippen molar-refractivity contribution in [1.82, 2.24) is 0 Å². The number of esters is 1. The third kappa shape index (κ3) is 7.03. The van der Waals surface area contributed by atoms with Crippen molar-refractivity contribution in [2.24, 2.45) is 17.8 Å². The van der Waals surface area contributed by atoms with Crippen molar-refractivity contribution in [1.29, 1.82) is 0 Å². The van der Waals surface area contributed by atoms with Gasteiger partial charge in [0.2, 0.25) is 6.29 Å². The van der Waals surface area contributed by atoms with Crippen LogP contribution in [0, 0.1) is 17.8 Å². The Labute approximate surface area is 219 Å². The molecule has 3 aliphatic rings. The van der Waals surface area contributed by atoms with Crippen molar-refractivity contribution >= 4 is 5.97 Å². The fourth-order valence-corrected chi connectivity index (χ4v) is 6.56. The quantitative estimate of drug-likeness (QED) is 0.245. The zero-order chi connectivity index (χ0) is 26.4. The van der Waals surface area contributed by atoms with Gasteiger partial charge < -0.3 is 34.6 Å². The summed E-state index contributed by atoms with van der Waals surface area (Å²) in [4.78, 5) is 12.4. The van der Waals surface area contributed by atoms with Gasteiger partial charge in [0, 0.05) is 6.42 Å². The molecule has 8 heteroatoms. The summed E-state index contributed by atoms with van der Waals surface area (Å²) in [5.41, 5.74) is 2.34. The summed E-state index contributed by atoms with van der Waals surface area (Å²) in [6.07, 6.45) is 6.51. The number of rotatable bonds is 12. The fraction of sp³-hybridized carbons (Fsp3) is 0.759. The van der Waals surface area contributed by atoms with Gasteiger partial charge in [-0.05, 0) is 60.6 Å². The van der Waals surface area contributed by atoms with E-state index in [1.807, 2.05) is 12.1 Å². The van der Waals surface area contributed by atoms with Crippen LogP contribution in [0.5, 0.6) is 5.75 Å². The van der Waals surface area contributed by atoms with Crippen LogP contribution in [-0.2, 0) is 27.1 Å². The molecule has 1 heterocycles. The second-order valence-electron chi connectivity index (χ2n) is 11.1.